The molecule has 0 saturated heterocycles. The van der Waals surface area contributed by atoms with Gasteiger partial charge in [0.15, 0.2) is 5.78 Å². The molecule has 0 spiro atoms. The van der Waals surface area contributed by atoms with Crippen LogP contribution in [0, 0.1) is 12.7 Å². The van der Waals surface area contributed by atoms with Gasteiger partial charge in [-0.2, -0.15) is 0 Å². The standard InChI is InChI=1S/C15H22FNO2/c1-11-4-5-13(10-14(11)16)15(19)7-9-17(3)8-6-12(2)18/h4-5,10,12,18H,6-9H2,1-3H3. The Morgan fingerprint density at radius 2 is 2.11 bits per heavy atom. The van der Waals surface area contributed by atoms with Crippen LogP contribution in [0.5, 0.6) is 0 Å². The van der Waals surface area contributed by atoms with E-state index in [1.54, 1.807) is 26.0 Å². The molecule has 19 heavy (non-hydrogen) atoms. The Hall–Kier alpha value is -1.26. The van der Waals surface area contributed by atoms with E-state index >= 15 is 0 Å². The SMILES string of the molecule is Cc1ccc(C(=O)CCN(C)CCC(C)O)cc1F. The van der Waals surface area contributed by atoms with Gasteiger partial charge in [0.25, 0.3) is 0 Å². The summed E-state index contributed by atoms with van der Waals surface area (Å²) in [6.07, 6.45) is 0.715. The number of Topliss-reactive ketones (excluding diaryl/α,β-unsaturated/α-hetero) is 1. The summed E-state index contributed by atoms with van der Waals surface area (Å²) in [5.41, 5.74) is 0.970. The van der Waals surface area contributed by atoms with Crippen molar-refractivity contribution in [3.63, 3.8) is 0 Å². The second kappa shape index (κ2) is 7.36. The normalized spacial score (nSPS) is 12.7. The van der Waals surface area contributed by atoms with Crippen LogP contribution in [0.4, 0.5) is 4.39 Å². The highest BCUT2D eigenvalue weighted by Gasteiger charge is 2.10. The zero-order chi connectivity index (χ0) is 14.4. The molecule has 0 aliphatic rings. The number of hydrogen-bond acceptors (Lipinski definition) is 3. The van der Waals surface area contributed by atoms with Gasteiger partial charge in [0.1, 0.15) is 5.82 Å². The lowest BCUT2D eigenvalue weighted by Gasteiger charge is -2.16. The van der Waals surface area contributed by atoms with E-state index in [0.717, 1.165) is 6.54 Å². The van der Waals surface area contributed by atoms with Gasteiger partial charge >= 0.3 is 0 Å². The second-order valence-electron chi connectivity index (χ2n) is 5.08. The topological polar surface area (TPSA) is 40.5 Å². The lowest BCUT2D eigenvalue weighted by Crippen LogP contribution is -2.25. The Labute approximate surface area is 114 Å². The van der Waals surface area contributed by atoms with Crippen molar-refractivity contribution in [1.82, 2.24) is 4.90 Å². The number of carbonyl (C=O) groups excluding carboxylic acids is 1. The number of ketones is 1. The number of carbonyl (C=O) groups is 1. The molecule has 1 aromatic rings. The number of halogens is 1. The molecule has 0 aliphatic heterocycles. The number of aliphatic hydroxyl groups excluding tert-OH is 1. The average Bonchev–Trinajstić information content (AvgIpc) is 2.36. The molecular weight excluding hydrogens is 245 g/mol. The highest BCUT2D eigenvalue weighted by molar-refractivity contribution is 5.96. The second-order valence-corrected chi connectivity index (χ2v) is 5.08. The quantitative estimate of drug-likeness (QED) is 0.771. The molecule has 1 atom stereocenters. The molecule has 0 aliphatic carbocycles. The summed E-state index contributed by atoms with van der Waals surface area (Å²) >= 11 is 0. The number of aryl methyl sites for hydroxylation is 1. The van der Waals surface area contributed by atoms with E-state index in [9.17, 15) is 14.3 Å². The number of aliphatic hydroxyl groups is 1. The summed E-state index contributed by atoms with van der Waals surface area (Å²) < 4.78 is 13.4. The molecule has 1 rings (SSSR count). The van der Waals surface area contributed by atoms with Gasteiger partial charge in [0.05, 0.1) is 6.10 Å². The van der Waals surface area contributed by atoms with Crippen molar-refractivity contribution >= 4 is 5.78 Å². The van der Waals surface area contributed by atoms with E-state index < -0.39 is 0 Å². The molecular formula is C15H22FNO2. The number of benzene rings is 1. The monoisotopic (exact) mass is 267 g/mol. The number of rotatable bonds is 7. The predicted molar refractivity (Wildman–Crippen MR) is 73.9 cm³/mol. The predicted octanol–water partition coefficient (Wildman–Crippen LogP) is 2.41. The van der Waals surface area contributed by atoms with Crippen LogP contribution in [-0.4, -0.2) is 42.0 Å². The van der Waals surface area contributed by atoms with Crippen LogP contribution >= 0.6 is 0 Å². The van der Waals surface area contributed by atoms with Gasteiger partial charge in [-0.25, -0.2) is 4.39 Å². The molecule has 0 aromatic heterocycles. The van der Waals surface area contributed by atoms with Gasteiger partial charge in [0.2, 0.25) is 0 Å². The fourth-order valence-corrected chi connectivity index (χ4v) is 1.72. The van der Waals surface area contributed by atoms with Crippen molar-refractivity contribution in [3.8, 4) is 0 Å². The average molecular weight is 267 g/mol. The first-order valence-corrected chi connectivity index (χ1v) is 6.56. The van der Waals surface area contributed by atoms with E-state index in [2.05, 4.69) is 0 Å². The summed E-state index contributed by atoms with van der Waals surface area (Å²) in [6, 6.07) is 4.59. The van der Waals surface area contributed by atoms with Crippen LogP contribution in [-0.2, 0) is 0 Å². The summed E-state index contributed by atoms with van der Waals surface area (Å²) in [4.78, 5) is 13.9. The highest BCUT2D eigenvalue weighted by atomic mass is 19.1. The van der Waals surface area contributed by atoms with Crippen molar-refractivity contribution in [3.05, 3.63) is 35.1 Å². The molecule has 1 aromatic carbocycles. The molecule has 1 N–H and O–H groups in total. The van der Waals surface area contributed by atoms with E-state index in [1.807, 2.05) is 11.9 Å². The van der Waals surface area contributed by atoms with Gasteiger partial charge in [-0.05, 0) is 38.9 Å². The first kappa shape index (κ1) is 15.8. The molecule has 0 saturated carbocycles. The van der Waals surface area contributed by atoms with Gasteiger partial charge in [-0.1, -0.05) is 12.1 Å². The molecule has 0 bridgehead atoms. The highest BCUT2D eigenvalue weighted by Crippen LogP contribution is 2.11. The summed E-state index contributed by atoms with van der Waals surface area (Å²) in [6.45, 7) is 4.77. The van der Waals surface area contributed by atoms with Gasteiger partial charge in [-0.15, -0.1) is 0 Å². The Morgan fingerprint density at radius 1 is 1.42 bits per heavy atom. The van der Waals surface area contributed by atoms with Crippen molar-refractivity contribution < 1.29 is 14.3 Å². The molecule has 3 nitrogen and oxygen atoms in total. The lowest BCUT2D eigenvalue weighted by atomic mass is 10.1. The van der Waals surface area contributed by atoms with Crippen molar-refractivity contribution in [2.45, 2.75) is 32.8 Å². The molecule has 4 heteroatoms. The maximum Gasteiger partial charge on any atom is 0.164 e. The van der Waals surface area contributed by atoms with E-state index in [-0.39, 0.29) is 17.7 Å². The molecule has 0 heterocycles. The zero-order valence-electron chi connectivity index (χ0n) is 11.8. The molecule has 0 fully saturated rings. The smallest absolute Gasteiger partial charge is 0.164 e. The summed E-state index contributed by atoms with van der Waals surface area (Å²) in [5.74, 6) is -0.392. The maximum atomic E-state index is 13.4. The van der Waals surface area contributed by atoms with Crippen LogP contribution in [0.3, 0.4) is 0 Å². The third kappa shape index (κ3) is 5.49. The molecule has 0 amide bonds. The van der Waals surface area contributed by atoms with Gasteiger partial charge in [-0.3, -0.25) is 4.79 Å². The van der Waals surface area contributed by atoms with Crippen LogP contribution in [0.25, 0.3) is 0 Å². The number of hydrogen-bond donors (Lipinski definition) is 1. The first-order valence-electron chi connectivity index (χ1n) is 6.56. The summed E-state index contributed by atoms with van der Waals surface area (Å²) in [7, 11) is 1.91. The Bertz CT molecular complexity index is 432. The van der Waals surface area contributed by atoms with E-state index in [1.165, 1.54) is 6.07 Å². The third-order valence-corrected chi connectivity index (χ3v) is 3.14. The Kier molecular flexibility index (Phi) is 6.12. The van der Waals surface area contributed by atoms with E-state index in [0.29, 0.717) is 30.5 Å². The Morgan fingerprint density at radius 3 is 2.68 bits per heavy atom. The van der Waals surface area contributed by atoms with E-state index in [4.69, 9.17) is 0 Å². The molecule has 106 valence electrons. The first-order chi connectivity index (χ1) is 8.90. The Balaban J connectivity index is 2.44. The van der Waals surface area contributed by atoms with Crippen LogP contribution < -0.4 is 0 Å². The van der Waals surface area contributed by atoms with Crippen LogP contribution in [0.15, 0.2) is 18.2 Å². The third-order valence-electron chi connectivity index (χ3n) is 3.14. The van der Waals surface area contributed by atoms with Gasteiger partial charge in [0, 0.05) is 25.1 Å². The minimum Gasteiger partial charge on any atom is -0.393 e. The minimum absolute atomic E-state index is 0.0530. The summed E-state index contributed by atoms with van der Waals surface area (Å²) in [5, 5.41) is 9.18. The van der Waals surface area contributed by atoms with Crippen LogP contribution in [0.1, 0.15) is 35.7 Å². The largest absolute Gasteiger partial charge is 0.393 e. The fourth-order valence-electron chi connectivity index (χ4n) is 1.72. The zero-order valence-corrected chi connectivity index (χ0v) is 11.8. The molecule has 1 unspecified atom stereocenters. The number of nitrogens with zero attached hydrogens (tertiary/aromatic N) is 1. The maximum absolute atomic E-state index is 13.4. The van der Waals surface area contributed by atoms with Gasteiger partial charge < -0.3 is 10.0 Å². The van der Waals surface area contributed by atoms with Crippen molar-refractivity contribution in [2.24, 2.45) is 0 Å². The van der Waals surface area contributed by atoms with Crippen molar-refractivity contribution in [2.75, 3.05) is 20.1 Å². The lowest BCUT2D eigenvalue weighted by molar-refractivity contribution is 0.0965. The fraction of sp³-hybridized carbons (Fsp3) is 0.533. The van der Waals surface area contributed by atoms with Crippen LogP contribution in [0.2, 0.25) is 0 Å². The minimum atomic E-state index is -0.340. The van der Waals surface area contributed by atoms with Crippen molar-refractivity contribution in [1.29, 1.82) is 0 Å². The molecule has 0 radical (unpaired) electrons.